The van der Waals surface area contributed by atoms with Gasteiger partial charge in [-0.3, -0.25) is 14.5 Å². The fraction of sp³-hybridized carbons (Fsp3) is 0.214. The SMILES string of the molecule is CCOc1ccc(/C=C2\SC(=S)N(CC(=O)O)C2=O)cc1Cl. The second kappa shape index (κ2) is 7.13. The Morgan fingerprint density at radius 3 is 2.86 bits per heavy atom. The van der Waals surface area contributed by atoms with E-state index in [1.807, 2.05) is 6.92 Å². The molecule has 1 heterocycles. The minimum atomic E-state index is -1.11. The zero-order valence-corrected chi connectivity index (χ0v) is 13.9. The van der Waals surface area contributed by atoms with Crippen molar-refractivity contribution in [3.05, 3.63) is 33.7 Å². The Kier molecular flexibility index (Phi) is 5.44. The summed E-state index contributed by atoms with van der Waals surface area (Å²) < 4.78 is 5.57. The molecule has 0 spiro atoms. The number of amides is 1. The molecule has 1 aliphatic rings. The molecule has 1 amide bonds. The van der Waals surface area contributed by atoms with Gasteiger partial charge in [0.2, 0.25) is 0 Å². The Morgan fingerprint density at radius 1 is 1.55 bits per heavy atom. The zero-order chi connectivity index (χ0) is 16.3. The van der Waals surface area contributed by atoms with E-state index in [-0.39, 0.29) is 4.32 Å². The minimum absolute atomic E-state index is 0.232. The maximum atomic E-state index is 12.1. The summed E-state index contributed by atoms with van der Waals surface area (Å²) in [6, 6.07) is 5.16. The Labute approximate surface area is 141 Å². The van der Waals surface area contributed by atoms with Gasteiger partial charge in [0.25, 0.3) is 5.91 Å². The normalized spacial score (nSPS) is 16.5. The van der Waals surface area contributed by atoms with Crippen LogP contribution in [0.25, 0.3) is 6.08 Å². The maximum absolute atomic E-state index is 12.1. The van der Waals surface area contributed by atoms with Crippen molar-refractivity contribution < 1.29 is 19.4 Å². The van der Waals surface area contributed by atoms with E-state index in [1.165, 1.54) is 0 Å². The molecule has 2 rings (SSSR count). The third kappa shape index (κ3) is 3.79. The van der Waals surface area contributed by atoms with Crippen molar-refractivity contribution in [3.63, 3.8) is 0 Å². The monoisotopic (exact) mass is 357 g/mol. The van der Waals surface area contributed by atoms with E-state index in [2.05, 4.69) is 0 Å². The summed E-state index contributed by atoms with van der Waals surface area (Å²) in [5.41, 5.74) is 0.712. The van der Waals surface area contributed by atoms with Gasteiger partial charge in [0.15, 0.2) is 0 Å². The molecule has 0 atom stereocenters. The van der Waals surface area contributed by atoms with Crippen LogP contribution in [0, 0.1) is 0 Å². The molecule has 0 aromatic heterocycles. The number of nitrogens with zero attached hydrogens (tertiary/aromatic N) is 1. The van der Waals surface area contributed by atoms with Gasteiger partial charge in [0.05, 0.1) is 16.5 Å². The van der Waals surface area contributed by atoms with Crippen molar-refractivity contribution in [3.8, 4) is 5.75 Å². The van der Waals surface area contributed by atoms with Crippen LogP contribution < -0.4 is 4.74 Å². The molecule has 0 aliphatic carbocycles. The lowest BCUT2D eigenvalue weighted by Gasteiger charge is -2.10. The molecular formula is C14H12ClNO4S2. The number of ether oxygens (including phenoxy) is 1. The molecule has 0 radical (unpaired) electrons. The summed E-state index contributed by atoms with van der Waals surface area (Å²) in [6.07, 6.45) is 1.63. The first kappa shape index (κ1) is 16.8. The molecule has 8 heteroatoms. The van der Waals surface area contributed by atoms with Crippen molar-refractivity contribution in [1.29, 1.82) is 0 Å². The van der Waals surface area contributed by atoms with Gasteiger partial charge in [0.1, 0.15) is 16.6 Å². The summed E-state index contributed by atoms with van der Waals surface area (Å²) in [4.78, 5) is 24.3. The molecule has 1 aliphatic heterocycles. The second-order valence-corrected chi connectivity index (χ2v) is 6.37. The largest absolute Gasteiger partial charge is 0.492 e. The van der Waals surface area contributed by atoms with E-state index < -0.39 is 18.4 Å². The van der Waals surface area contributed by atoms with Crippen molar-refractivity contribution in [1.82, 2.24) is 4.90 Å². The molecule has 0 bridgehead atoms. The predicted octanol–water partition coefficient (Wildman–Crippen LogP) is 3.02. The standard InChI is InChI=1S/C14H12ClNO4S2/c1-2-20-10-4-3-8(5-9(10)15)6-11-13(19)16(7-12(17)18)14(21)22-11/h3-6H,2,7H2,1H3,(H,17,18)/b11-6-. The zero-order valence-electron chi connectivity index (χ0n) is 11.5. The Morgan fingerprint density at radius 2 is 2.27 bits per heavy atom. The smallest absolute Gasteiger partial charge is 0.323 e. The molecule has 1 aromatic carbocycles. The number of thioether (sulfide) groups is 1. The summed E-state index contributed by atoms with van der Waals surface area (Å²) >= 11 is 12.2. The third-order valence-corrected chi connectivity index (χ3v) is 4.39. The number of hydrogen-bond acceptors (Lipinski definition) is 5. The lowest BCUT2D eigenvalue weighted by Crippen LogP contribution is -2.33. The average molecular weight is 358 g/mol. The van der Waals surface area contributed by atoms with E-state index in [1.54, 1.807) is 24.3 Å². The Hall–Kier alpha value is -1.57. The van der Waals surface area contributed by atoms with E-state index in [0.29, 0.717) is 27.8 Å². The molecule has 1 fully saturated rings. The van der Waals surface area contributed by atoms with E-state index in [0.717, 1.165) is 16.7 Å². The molecule has 1 saturated heterocycles. The summed E-state index contributed by atoms with van der Waals surface area (Å²) in [7, 11) is 0. The molecule has 116 valence electrons. The van der Waals surface area contributed by atoms with Gasteiger partial charge in [-0.05, 0) is 30.7 Å². The number of carboxylic acids is 1. The fourth-order valence-corrected chi connectivity index (χ4v) is 3.30. The van der Waals surface area contributed by atoms with Crippen LogP contribution >= 0.6 is 35.6 Å². The molecule has 1 N–H and O–H groups in total. The first-order chi connectivity index (χ1) is 10.4. The maximum Gasteiger partial charge on any atom is 0.323 e. The number of rotatable bonds is 5. The van der Waals surface area contributed by atoms with Crippen LogP contribution in [0.3, 0.4) is 0 Å². The van der Waals surface area contributed by atoms with Gasteiger partial charge in [0, 0.05) is 0 Å². The lowest BCUT2D eigenvalue weighted by molar-refractivity contribution is -0.140. The highest BCUT2D eigenvalue weighted by molar-refractivity contribution is 8.26. The van der Waals surface area contributed by atoms with Crippen molar-refractivity contribution >= 4 is 57.9 Å². The van der Waals surface area contributed by atoms with Gasteiger partial charge in [-0.2, -0.15) is 0 Å². The highest BCUT2D eigenvalue weighted by atomic mass is 35.5. The number of hydrogen-bond donors (Lipinski definition) is 1. The topological polar surface area (TPSA) is 66.8 Å². The van der Waals surface area contributed by atoms with Gasteiger partial charge in [-0.15, -0.1) is 0 Å². The number of benzene rings is 1. The summed E-state index contributed by atoms with van der Waals surface area (Å²) in [5, 5.41) is 9.23. The van der Waals surface area contributed by atoms with Gasteiger partial charge in [-0.1, -0.05) is 41.6 Å². The van der Waals surface area contributed by atoms with Gasteiger partial charge in [-0.25, -0.2) is 0 Å². The van der Waals surface area contributed by atoms with Crippen LogP contribution in [-0.2, 0) is 9.59 Å². The van der Waals surface area contributed by atoms with Crippen molar-refractivity contribution in [2.45, 2.75) is 6.92 Å². The van der Waals surface area contributed by atoms with E-state index in [9.17, 15) is 9.59 Å². The number of carbonyl (C=O) groups excluding carboxylic acids is 1. The first-order valence-electron chi connectivity index (χ1n) is 6.32. The predicted molar refractivity (Wildman–Crippen MR) is 90.1 cm³/mol. The summed E-state index contributed by atoms with van der Waals surface area (Å²) in [5.74, 6) is -0.955. The van der Waals surface area contributed by atoms with Gasteiger partial charge < -0.3 is 9.84 Å². The van der Waals surface area contributed by atoms with Gasteiger partial charge >= 0.3 is 5.97 Å². The third-order valence-electron chi connectivity index (χ3n) is 2.72. The number of carbonyl (C=O) groups is 2. The summed E-state index contributed by atoms with van der Waals surface area (Å²) in [6.45, 7) is 1.93. The van der Waals surface area contributed by atoms with E-state index >= 15 is 0 Å². The quantitative estimate of drug-likeness (QED) is 0.645. The van der Waals surface area contributed by atoms with Crippen LogP contribution in [0.2, 0.25) is 5.02 Å². The van der Waals surface area contributed by atoms with Crippen LogP contribution in [0.15, 0.2) is 23.1 Å². The lowest BCUT2D eigenvalue weighted by atomic mass is 10.2. The molecule has 22 heavy (non-hydrogen) atoms. The molecule has 5 nitrogen and oxygen atoms in total. The van der Waals surface area contributed by atoms with Crippen LogP contribution in [-0.4, -0.2) is 39.4 Å². The first-order valence-corrected chi connectivity index (χ1v) is 7.92. The number of aliphatic carboxylic acids is 1. The molecule has 0 saturated carbocycles. The molecular weight excluding hydrogens is 346 g/mol. The Bertz CT molecular complexity index is 675. The van der Waals surface area contributed by atoms with Crippen molar-refractivity contribution in [2.75, 3.05) is 13.2 Å². The second-order valence-electron chi connectivity index (χ2n) is 4.28. The Balaban J connectivity index is 2.23. The number of halogens is 1. The number of thiocarbonyl (C=S) groups is 1. The highest BCUT2D eigenvalue weighted by Gasteiger charge is 2.33. The fourth-order valence-electron chi connectivity index (χ4n) is 1.80. The van der Waals surface area contributed by atoms with Crippen LogP contribution in [0.1, 0.15) is 12.5 Å². The molecule has 0 unspecified atom stereocenters. The average Bonchev–Trinajstić information content (AvgIpc) is 2.69. The minimum Gasteiger partial charge on any atom is -0.492 e. The van der Waals surface area contributed by atoms with Crippen LogP contribution in [0.5, 0.6) is 5.75 Å². The van der Waals surface area contributed by atoms with E-state index in [4.69, 9.17) is 33.7 Å². The molecule has 1 aromatic rings. The highest BCUT2D eigenvalue weighted by Crippen LogP contribution is 2.33. The number of carboxylic acid groups (broad SMARTS) is 1. The van der Waals surface area contributed by atoms with Crippen LogP contribution in [0.4, 0.5) is 0 Å². The van der Waals surface area contributed by atoms with Crippen molar-refractivity contribution in [2.24, 2.45) is 0 Å².